The van der Waals surface area contributed by atoms with Crippen molar-refractivity contribution in [2.45, 2.75) is 30.1 Å². The van der Waals surface area contributed by atoms with Gasteiger partial charge in [0.1, 0.15) is 5.75 Å². The molecule has 5 heteroatoms. The fourth-order valence-electron chi connectivity index (χ4n) is 4.08. The molecule has 1 atom stereocenters. The Morgan fingerprint density at radius 2 is 1.75 bits per heavy atom. The Labute approximate surface area is 171 Å². The first-order valence-corrected chi connectivity index (χ1v) is 11.1. The molecule has 0 N–H and O–H groups in total. The van der Waals surface area contributed by atoms with E-state index in [1.54, 1.807) is 18.9 Å². The predicted octanol–water partition coefficient (Wildman–Crippen LogP) is 4.40. The van der Waals surface area contributed by atoms with Crippen LogP contribution >= 0.6 is 11.8 Å². The molecule has 4 rings (SSSR count). The van der Waals surface area contributed by atoms with Crippen LogP contribution in [-0.4, -0.2) is 49.8 Å². The van der Waals surface area contributed by atoms with Crippen LogP contribution in [0, 0.1) is 0 Å². The molecule has 2 aromatic rings. The van der Waals surface area contributed by atoms with Gasteiger partial charge in [0, 0.05) is 23.7 Å². The molecule has 0 spiro atoms. The zero-order chi connectivity index (χ0) is 19.3. The van der Waals surface area contributed by atoms with Crippen LogP contribution in [0.2, 0.25) is 0 Å². The summed E-state index contributed by atoms with van der Waals surface area (Å²) in [5, 5.41) is 0. The number of para-hydroxylation sites is 1. The summed E-state index contributed by atoms with van der Waals surface area (Å²) in [5.74, 6) is 1.66. The third-order valence-electron chi connectivity index (χ3n) is 5.73. The number of thioether (sulfide) groups is 1. The first kappa shape index (κ1) is 19.3. The number of hydrogen-bond acceptors (Lipinski definition) is 4. The molecule has 0 bridgehead atoms. The maximum absolute atomic E-state index is 13.6. The fraction of sp³-hybridized carbons (Fsp3) is 0.435. The molecule has 148 valence electrons. The molecule has 0 radical (unpaired) electrons. The molecule has 2 aromatic carbocycles. The number of rotatable bonds is 5. The molecule has 4 nitrogen and oxygen atoms in total. The number of amides is 1. The van der Waals surface area contributed by atoms with Crippen molar-refractivity contribution in [2.75, 3.05) is 43.9 Å². The van der Waals surface area contributed by atoms with Gasteiger partial charge in [-0.2, -0.15) is 0 Å². The van der Waals surface area contributed by atoms with Crippen LogP contribution in [0.15, 0.2) is 53.4 Å². The highest BCUT2D eigenvalue weighted by molar-refractivity contribution is 7.99. The van der Waals surface area contributed by atoms with E-state index in [4.69, 9.17) is 4.74 Å². The van der Waals surface area contributed by atoms with E-state index in [0.717, 1.165) is 48.9 Å². The van der Waals surface area contributed by atoms with Gasteiger partial charge in [0.2, 0.25) is 5.91 Å². The SMILES string of the molecule is COc1ccc(C2CSc3ccccc3N(CCN3CCCCC3)C2=O)cc1. The van der Waals surface area contributed by atoms with E-state index in [-0.39, 0.29) is 11.8 Å². The Morgan fingerprint density at radius 3 is 2.50 bits per heavy atom. The minimum absolute atomic E-state index is 0.135. The number of piperidine rings is 1. The first-order valence-electron chi connectivity index (χ1n) is 10.2. The number of hydrogen-bond donors (Lipinski definition) is 0. The highest BCUT2D eigenvalue weighted by Gasteiger charge is 2.32. The van der Waals surface area contributed by atoms with Crippen LogP contribution in [0.3, 0.4) is 0 Å². The van der Waals surface area contributed by atoms with Gasteiger partial charge in [0.05, 0.1) is 18.7 Å². The third kappa shape index (κ3) is 4.20. The van der Waals surface area contributed by atoms with Crippen molar-refractivity contribution in [3.05, 3.63) is 54.1 Å². The monoisotopic (exact) mass is 396 g/mol. The summed E-state index contributed by atoms with van der Waals surface area (Å²) in [4.78, 5) is 19.3. The summed E-state index contributed by atoms with van der Waals surface area (Å²) in [7, 11) is 1.67. The Bertz CT molecular complexity index is 803. The maximum atomic E-state index is 13.6. The number of fused-ring (bicyclic) bond motifs is 1. The van der Waals surface area contributed by atoms with Gasteiger partial charge in [0.25, 0.3) is 0 Å². The molecule has 2 aliphatic heterocycles. The minimum Gasteiger partial charge on any atom is -0.497 e. The van der Waals surface area contributed by atoms with Gasteiger partial charge in [-0.1, -0.05) is 30.7 Å². The number of carbonyl (C=O) groups excluding carboxylic acids is 1. The number of ether oxygens (including phenoxy) is 1. The van der Waals surface area contributed by atoms with E-state index in [9.17, 15) is 4.79 Å². The van der Waals surface area contributed by atoms with Crippen LogP contribution in [0.1, 0.15) is 30.7 Å². The largest absolute Gasteiger partial charge is 0.497 e. The van der Waals surface area contributed by atoms with E-state index in [1.165, 1.54) is 24.2 Å². The summed E-state index contributed by atoms with van der Waals surface area (Å²) < 4.78 is 5.28. The Balaban J connectivity index is 1.58. The van der Waals surface area contributed by atoms with Crippen LogP contribution in [0.25, 0.3) is 0 Å². The number of benzene rings is 2. The van der Waals surface area contributed by atoms with Gasteiger partial charge in [0.15, 0.2) is 0 Å². The van der Waals surface area contributed by atoms with Crippen LogP contribution in [0.5, 0.6) is 5.75 Å². The lowest BCUT2D eigenvalue weighted by Crippen LogP contribution is -2.42. The lowest BCUT2D eigenvalue weighted by Gasteiger charge is -2.31. The molecule has 2 heterocycles. The van der Waals surface area contributed by atoms with Crippen molar-refractivity contribution in [3.63, 3.8) is 0 Å². The summed E-state index contributed by atoms with van der Waals surface area (Å²) in [6.45, 7) is 4.00. The fourth-order valence-corrected chi connectivity index (χ4v) is 5.27. The first-order chi connectivity index (χ1) is 13.8. The Morgan fingerprint density at radius 1 is 1.00 bits per heavy atom. The zero-order valence-electron chi connectivity index (χ0n) is 16.5. The van der Waals surface area contributed by atoms with Crippen molar-refractivity contribution in [3.8, 4) is 5.75 Å². The summed E-state index contributed by atoms with van der Waals surface area (Å²) >= 11 is 1.78. The normalized spacial score (nSPS) is 20.5. The van der Waals surface area contributed by atoms with E-state index in [2.05, 4.69) is 23.1 Å². The van der Waals surface area contributed by atoms with Crippen molar-refractivity contribution in [1.82, 2.24) is 4.90 Å². The number of anilines is 1. The average Bonchev–Trinajstić information content (AvgIpc) is 2.89. The number of carbonyl (C=O) groups is 1. The molecule has 1 amide bonds. The summed E-state index contributed by atoms with van der Waals surface area (Å²) in [6.07, 6.45) is 3.88. The predicted molar refractivity (Wildman–Crippen MR) is 116 cm³/mol. The zero-order valence-corrected chi connectivity index (χ0v) is 17.3. The van der Waals surface area contributed by atoms with E-state index in [0.29, 0.717) is 0 Å². The van der Waals surface area contributed by atoms with Gasteiger partial charge in [-0.3, -0.25) is 4.79 Å². The van der Waals surface area contributed by atoms with E-state index in [1.807, 2.05) is 35.2 Å². The second-order valence-electron chi connectivity index (χ2n) is 7.50. The van der Waals surface area contributed by atoms with Gasteiger partial charge in [-0.25, -0.2) is 0 Å². The summed E-state index contributed by atoms with van der Waals surface area (Å²) in [6, 6.07) is 16.3. The molecular formula is C23H28N2O2S. The van der Waals surface area contributed by atoms with Crippen LogP contribution in [0.4, 0.5) is 5.69 Å². The minimum atomic E-state index is -0.135. The van der Waals surface area contributed by atoms with Crippen molar-refractivity contribution < 1.29 is 9.53 Å². The molecule has 0 saturated carbocycles. The summed E-state index contributed by atoms with van der Waals surface area (Å²) in [5.41, 5.74) is 2.12. The molecule has 2 aliphatic rings. The smallest absolute Gasteiger partial charge is 0.235 e. The second-order valence-corrected chi connectivity index (χ2v) is 8.56. The van der Waals surface area contributed by atoms with Crippen molar-refractivity contribution >= 4 is 23.4 Å². The number of methoxy groups -OCH3 is 1. The average molecular weight is 397 g/mol. The lowest BCUT2D eigenvalue weighted by atomic mass is 9.99. The third-order valence-corrected chi connectivity index (χ3v) is 6.89. The molecular weight excluding hydrogens is 368 g/mol. The van der Waals surface area contributed by atoms with Crippen molar-refractivity contribution in [2.24, 2.45) is 0 Å². The maximum Gasteiger partial charge on any atom is 0.235 e. The van der Waals surface area contributed by atoms with E-state index < -0.39 is 0 Å². The highest BCUT2D eigenvalue weighted by atomic mass is 32.2. The van der Waals surface area contributed by atoms with Crippen LogP contribution < -0.4 is 9.64 Å². The standard InChI is InChI=1S/C23H28N2O2S/c1-27-19-11-9-18(10-12-19)20-17-28-22-8-4-3-7-21(22)25(23(20)26)16-15-24-13-5-2-6-14-24/h3-4,7-12,20H,2,5-6,13-17H2,1H3. The molecule has 28 heavy (non-hydrogen) atoms. The quantitative estimate of drug-likeness (QED) is 0.750. The molecule has 1 saturated heterocycles. The van der Waals surface area contributed by atoms with Gasteiger partial charge in [-0.15, -0.1) is 11.8 Å². The van der Waals surface area contributed by atoms with E-state index >= 15 is 0 Å². The van der Waals surface area contributed by atoms with Gasteiger partial charge < -0.3 is 14.5 Å². The Hall–Kier alpha value is -1.98. The lowest BCUT2D eigenvalue weighted by molar-refractivity contribution is -0.119. The highest BCUT2D eigenvalue weighted by Crippen LogP contribution is 2.39. The van der Waals surface area contributed by atoms with Gasteiger partial charge in [-0.05, 0) is 55.8 Å². The number of nitrogens with zero attached hydrogens (tertiary/aromatic N) is 2. The van der Waals surface area contributed by atoms with Crippen molar-refractivity contribution in [1.29, 1.82) is 0 Å². The van der Waals surface area contributed by atoms with Crippen LogP contribution in [-0.2, 0) is 4.79 Å². The number of likely N-dealkylation sites (tertiary alicyclic amines) is 1. The molecule has 0 aliphatic carbocycles. The van der Waals surface area contributed by atoms with Gasteiger partial charge >= 0.3 is 0 Å². The molecule has 1 fully saturated rings. The Kier molecular flexibility index (Phi) is 6.23. The second kappa shape index (κ2) is 9.01. The topological polar surface area (TPSA) is 32.8 Å². The molecule has 1 unspecified atom stereocenters. The molecule has 0 aromatic heterocycles.